The van der Waals surface area contributed by atoms with Crippen LogP contribution in [-0.4, -0.2) is 20.0 Å². The molecule has 0 aliphatic heterocycles. The Hall–Kier alpha value is -2.55. The van der Waals surface area contributed by atoms with Gasteiger partial charge in [0.05, 0.1) is 14.2 Å². The first-order chi connectivity index (χ1) is 11.6. The molecule has 0 fully saturated rings. The zero-order valence-electron chi connectivity index (χ0n) is 14.3. The second-order valence-corrected chi connectivity index (χ2v) is 6.22. The topological polar surface area (TPSA) is 35.5 Å². The van der Waals surface area contributed by atoms with Gasteiger partial charge in [-0.1, -0.05) is 23.8 Å². The molecular formula is C21H22O3. The Morgan fingerprint density at radius 1 is 0.958 bits per heavy atom. The second-order valence-electron chi connectivity index (χ2n) is 6.22. The van der Waals surface area contributed by atoms with Gasteiger partial charge in [0, 0.05) is 12.0 Å². The average molecular weight is 322 g/mol. The Morgan fingerprint density at radius 3 is 2.38 bits per heavy atom. The highest BCUT2D eigenvalue weighted by molar-refractivity contribution is 6.00. The largest absolute Gasteiger partial charge is 0.497 e. The first-order valence-corrected chi connectivity index (χ1v) is 8.13. The highest BCUT2D eigenvalue weighted by Crippen LogP contribution is 2.39. The van der Waals surface area contributed by atoms with Gasteiger partial charge >= 0.3 is 0 Å². The highest BCUT2D eigenvalue weighted by Gasteiger charge is 2.24. The number of rotatable bonds is 4. The Kier molecular flexibility index (Phi) is 4.70. The van der Waals surface area contributed by atoms with Crippen LogP contribution in [0.2, 0.25) is 0 Å². The molecule has 0 unspecified atom stereocenters. The number of ether oxygens (including phenoxy) is 2. The van der Waals surface area contributed by atoms with Gasteiger partial charge < -0.3 is 9.47 Å². The van der Waals surface area contributed by atoms with Crippen LogP contribution in [0.4, 0.5) is 0 Å². The molecule has 0 bridgehead atoms. The standard InChI is InChI=1S/C21H22O3/c1-14-4-9-21(24-3)20(10-14)17-11-16(12-18(22)13-17)15-5-7-19(23-2)8-6-15/h4-10,13,16H,11-12H2,1-3H3/t16-/m1/s1. The maximum atomic E-state index is 12.3. The van der Waals surface area contributed by atoms with Gasteiger partial charge in [-0.2, -0.15) is 0 Å². The number of benzene rings is 2. The summed E-state index contributed by atoms with van der Waals surface area (Å²) >= 11 is 0. The van der Waals surface area contributed by atoms with E-state index in [4.69, 9.17) is 9.47 Å². The molecular weight excluding hydrogens is 300 g/mol. The van der Waals surface area contributed by atoms with E-state index < -0.39 is 0 Å². The molecule has 124 valence electrons. The molecule has 1 aliphatic carbocycles. The Bertz CT molecular complexity index is 772. The van der Waals surface area contributed by atoms with E-state index in [0.29, 0.717) is 6.42 Å². The molecule has 0 heterocycles. The van der Waals surface area contributed by atoms with Crippen LogP contribution in [0.5, 0.6) is 11.5 Å². The van der Waals surface area contributed by atoms with Crippen molar-refractivity contribution in [3.8, 4) is 11.5 Å². The highest BCUT2D eigenvalue weighted by atomic mass is 16.5. The fraction of sp³-hybridized carbons (Fsp3) is 0.286. The van der Waals surface area contributed by atoms with Crippen molar-refractivity contribution in [2.75, 3.05) is 14.2 Å². The molecule has 2 aromatic rings. The summed E-state index contributed by atoms with van der Waals surface area (Å²) in [5.41, 5.74) is 4.39. The van der Waals surface area contributed by atoms with Crippen LogP contribution in [-0.2, 0) is 4.79 Å². The summed E-state index contributed by atoms with van der Waals surface area (Å²) in [4.78, 5) is 12.3. The summed E-state index contributed by atoms with van der Waals surface area (Å²) in [6.07, 6.45) is 3.15. The van der Waals surface area contributed by atoms with Gasteiger partial charge in [-0.25, -0.2) is 0 Å². The van der Waals surface area contributed by atoms with Crippen LogP contribution in [0.3, 0.4) is 0 Å². The van der Waals surface area contributed by atoms with Crippen molar-refractivity contribution in [2.24, 2.45) is 0 Å². The molecule has 0 spiro atoms. The van der Waals surface area contributed by atoms with E-state index in [1.165, 1.54) is 5.56 Å². The number of methoxy groups -OCH3 is 2. The lowest BCUT2D eigenvalue weighted by atomic mass is 9.80. The maximum Gasteiger partial charge on any atom is 0.156 e. The fourth-order valence-electron chi connectivity index (χ4n) is 3.26. The van der Waals surface area contributed by atoms with E-state index in [2.05, 4.69) is 13.0 Å². The monoisotopic (exact) mass is 322 g/mol. The summed E-state index contributed by atoms with van der Waals surface area (Å²) in [5, 5.41) is 0. The zero-order chi connectivity index (χ0) is 17.1. The second kappa shape index (κ2) is 6.91. The minimum Gasteiger partial charge on any atom is -0.497 e. The molecule has 0 saturated carbocycles. The molecule has 3 rings (SSSR count). The molecule has 0 N–H and O–H groups in total. The molecule has 0 aromatic heterocycles. The SMILES string of the molecule is COc1ccc([C@H]2CC(=O)C=C(c3cc(C)ccc3OC)C2)cc1. The number of carbonyl (C=O) groups is 1. The first-order valence-electron chi connectivity index (χ1n) is 8.13. The Balaban J connectivity index is 1.93. The molecule has 0 radical (unpaired) electrons. The molecule has 0 amide bonds. The van der Waals surface area contributed by atoms with Gasteiger partial charge in [0.1, 0.15) is 11.5 Å². The third kappa shape index (κ3) is 3.35. The van der Waals surface area contributed by atoms with Crippen molar-refractivity contribution in [3.05, 3.63) is 65.2 Å². The lowest BCUT2D eigenvalue weighted by Crippen LogP contribution is -2.13. The van der Waals surface area contributed by atoms with E-state index in [1.54, 1.807) is 20.3 Å². The van der Waals surface area contributed by atoms with E-state index in [-0.39, 0.29) is 11.7 Å². The van der Waals surface area contributed by atoms with Gasteiger partial charge in [-0.15, -0.1) is 0 Å². The quantitative estimate of drug-likeness (QED) is 0.829. The summed E-state index contributed by atoms with van der Waals surface area (Å²) < 4.78 is 10.7. The first kappa shape index (κ1) is 16.3. The number of hydrogen-bond donors (Lipinski definition) is 0. The fourth-order valence-corrected chi connectivity index (χ4v) is 3.26. The third-order valence-corrected chi connectivity index (χ3v) is 4.54. The van der Waals surface area contributed by atoms with Crippen molar-refractivity contribution in [1.29, 1.82) is 0 Å². The van der Waals surface area contributed by atoms with Crippen molar-refractivity contribution in [2.45, 2.75) is 25.7 Å². The number of allylic oxidation sites excluding steroid dienone is 2. The normalized spacial score (nSPS) is 17.4. The van der Waals surface area contributed by atoms with Gasteiger partial charge in [0.15, 0.2) is 5.78 Å². The van der Waals surface area contributed by atoms with Crippen molar-refractivity contribution in [3.63, 3.8) is 0 Å². The van der Waals surface area contributed by atoms with Gasteiger partial charge in [-0.3, -0.25) is 4.79 Å². The number of aryl methyl sites for hydroxylation is 1. The van der Waals surface area contributed by atoms with E-state index in [0.717, 1.165) is 34.6 Å². The molecule has 0 saturated heterocycles. The molecule has 24 heavy (non-hydrogen) atoms. The van der Waals surface area contributed by atoms with Crippen LogP contribution in [0, 0.1) is 6.92 Å². The van der Waals surface area contributed by atoms with Crippen molar-refractivity contribution < 1.29 is 14.3 Å². The predicted molar refractivity (Wildman–Crippen MR) is 95.7 cm³/mol. The van der Waals surface area contributed by atoms with Crippen molar-refractivity contribution in [1.82, 2.24) is 0 Å². The van der Waals surface area contributed by atoms with Gasteiger partial charge in [-0.05, 0) is 60.7 Å². The van der Waals surface area contributed by atoms with Crippen LogP contribution < -0.4 is 9.47 Å². The summed E-state index contributed by atoms with van der Waals surface area (Å²) in [7, 11) is 3.32. The molecule has 3 heteroatoms. The predicted octanol–water partition coefficient (Wildman–Crippen LogP) is 4.54. The third-order valence-electron chi connectivity index (χ3n) is 4.54. The number of ketones is 1. The Morgan fingerprint density at radius 2 is 1.71 bits per heavy atom. The summed E-state index contributed by atoms with van der Waals surface area (Å²) in [6.45, 7) is 2.05. The van der Waals surface area contributed by atoms with Crippen LogP contribution in [0.1, 0.15) is 35.4 Å². The van der Waals surface area contributed by atoms with Crippen LogP contribution >= 0.6 is 0 Å². The Labute approximate surface area is 142 Å². The maximum absolute atomic E-state index is 12.3. The molecule has 2 aromatic carbocycles. The van der Waals surface area contributed by atoms with Crippen molar-refractivity contribution >= 4 is 11.4 Å². The molecule has 1 aliphatic rings. The number of hydrogen-bond acceptors (Lipinski definition) is 3. The molecule has 1 atom stereocenters. The van der Waals surface area contributed by atoms with E-state index in [9.17, 15) is 4.79 Å². The summed E-state index contributed by atoms with van der Waals surface area (Å²) in [6, 6.07) is 14.1. The van der Waals surface area contributed by atoms with Crippen LogP contribution in [0.15, 0.2) is 48.5 Å². The number of carbonyl (C=O) groups excluding carboxylic acids is 1. The molecule has 3 nitrogen and oxygen atoms in total. The minimum atomic E-state index is 0.167. The lowest BCUT2D eigenvalue weighted by molar-refractivity contribution is -0.115. The zero-order valence-corrected chi connectivity index (χ0v) is 14.3. The minimum absolute atomic E-state index is 0.167. The van der Waals surface area contributed by atoms with Gasteiger partial charge in [0.2, 0.25) is 0 Å². The van der Waals surface area contributed by atoms with E-state index in [1.807, 2.05) is 36.4 Å². The lowest BCUT2D eigenvalue weighted by Gasteiger charge is -2.24. The average Bonchev–Trinajstić information content (AvgIpc) is 2.61. The van der Waals surface area contributed by atoms with Gasteiger partial charge in [0.25, 0.3) is 0 Å². The van der Waals surface area contributed by atoms with E-state index >= 15 is 0 Å². The van der Waals surface area contributed by atoms with Crippen LogP contribution in [0.25, 0.3) is 5.57 Å². The summed E-state index contributed by atoms with van der Waals surface area (Å²) in [5.74, 6) is 2.00. The smallest absolute Gasteiger partial charge is 0.156 e.